The highest BCUT2D eigenvalue weighted by atomic mass is 32.2. The van der Waals surface area contributed by atoms with Gasteiger partial charge in [0.25, 0.3) is 5.56 Å². The summed E-state index contributed by atoms with van der Waals surface area (Å²) in [6.07, 6.45) is 2.38. The maximum atomic E-state index is 12.9. The van der Waals surface area contributed by atoms with Gasteiger partial charge in [-0.2, -0.15) is 0 Å². The molecule has 3 rings (SSSR count). The third-order valence-corrected chi connectivity index (χ3v) is 5.44. The topological polar surface area (TPSA) is 77.1 Å². The number of benzene rings is 1. The molecule has 1 N–H and O–H groups in total. The number of nitrogens with zero attached hydrogens (tertiary/aromatic N) is 2. The second-order valence-corrected chi connectivity index (χ2v) is 7.38. The van der Waals surface area contributed by atoms with Crippen molar-refractivity contribution < 1.29 is 9.21 Å². The molecule has 0 bridgehead atoms. The van der Waals surface area contributed by atoms with Crippen LogP contribution in [-0.4, -0.2) is 21.2 Å². The van der Waals surface area contributed by atoms with Crippen LogP contribution < -0.4 is 10.9 Å². The number of rotatable bonds is 7. The van der Waals surface area contributed by atoms with Gasteiger partial charge in [0.1, 0.15) is 5.76 Å². The number of hydrogen-bond donors (Lipinski definition) is 1. The van der Waals surface area contributed by atoms with Crippen molar-refractivity contribution in [2.24, 2.45) is 0 Å². The lowest BCUT2D eigenvalue weighted by Gasteiger charge is -2.18. The molecule has 0 saturated carbocycles. The van der Waals surface area contributed by atoms with Gasteiger partial charge in [-0.1, -0.05) is 30.8 Å². The number of nitrogens with one attached hydrogen (secondary N) is 1. The zero-order chi connectivity index (χ0) is 19.4. The summed E-state index contributed by atoms with van der Waals surface area (Å²) in [6.45, 7) is 5.88. The molecule has 0 unspecified atom stereocenters. The van der Waals surface area contributed by atoms with Crippen LogP contribution >= 0.6 is 11.8 Å². The standard InChI is InChI=1S/C20H23N3O3S/c1-4-13(2)23-19(25)15-8-5-6-9-16(15)22-20(23)27-12-18(24)21-14(3)17-10-7-11-26-17/h5-11,13-14H,4,12H2,1-3H3,(H,21,24)/t13-,14+/m1/s1. The second kappa shape index (κ2) is 8.43. The Labute approximate surface area is 162 Å². The van der Waals surface area contributed by atoms with Crippen molar-refractivity contribution in [3.8, 4) is 0 Å². The Kier molecular flexibility index (Phi) is 6.01. The lowest BCUT2D eigenvalue weighted by molar-refractivity contribution is -0.119. The molecule has 6 nitrogen and oxygen atoms in total. The van der Waals surface area contributed by atoms with Crippen molar-refractivity contribution in [1.82, 2.24) is 14.9 Å². The molecule has 142 valence electrons. The third-order valence-electron chi connectivity index (χ3n) is 4.49. The number of hydrogen-bond acceptors (Lipinski definition) is 5. The van der Waals surface area contributed by atoms with Gasteiger partial charge in [0, 0.05) is 6.04 Å². The van der Waals surface area contributed by atoms with Gasteiger partial charge < -0.3 is 9.73 Å². The minimum absolute atomic E-state index is 0.00205. The summed E-state index contributed by atoms with van der Waals surface area (Å²) in [4.78, 5) is 29.9. The van der Waals surface area contributed by atoms with Gasteiger partial charge in [-0.15, -0.1) is 0 Å². The predicted octanol–water partition coefficient (Wildman–Crippen LogP) is 3.93. The normalized spacial score (nSPS) is 13.4. The molecule has 2 heterocycles. The fourth-order valence-electron chi connectivity index (χ4n) is 2.82. The molecule has 0 spiro atoms. The first-order valence-electron chi connectivity index (χ1n) is 8.98. The smallest absolute Gasteiger partial charge is 0.262 e. The summed E-state index contributed by atoms with van der Waals surface area (Å²) >= 11 is 1.28. The van der Waals surface area contributed by atoms with E-state index >= 15 is 0 Å². The summed E-state index contributed by atoms with van der Waals surface area (Å²) in [5, 5.41) is 4.06. The molecule has 1 amide bonds. The lowest BCUT2D eigenvalue weighted by atomic mass is 10.2. The minimum Gasteiger partial charge on any atom is -0.467 e. The fraction of sp³-hybridized carbons (Fsp3) is 0.350. The molecule has 0 saturated heterocycles. The van der Waals surface area contributed by atoms with Crippen molar-refractivity contribution in [3.05, 3.63) is 58.8 Å². The van der Waals surface area contributed by atoms with Crippen molar-refractivity contribution in [1.29, 1.82) is 0 Å². The largest absolute Gasteiger partial charge is 0.467 e. The summed E-state index contributed by atoms with van der Waals surface area (Å²) in [6, 6.07) is 10.7. The molecule has 3 aromatic rings. The van der Waals surface area contributed by atoms with E-state index in [-0.39, 0.29) is 29.3 Å². The van der Waals surface area contributed by atoms with Crippen LogP contribution in [0.1, 0.15) is 45.0 Å². The highest BCUT2D eigenvalue weighted by Crippen LogP contribution is 2.22. The Bertz CT molecular complexity index is 982. The second-order valence-electron chi connectivity index (χ2n) is 6.44. The maximum Gasteiger partial charge on any atom is 0.262 e. The maximum absolute atomic E-state index is 12.9. The molecule has 0 aliphatic rings. The quantitative estimate of drug-likeness (QED) is 0.492. The summed E-state index contributed by atoms with van der Waals surface area (Å²) in [7, 11) is 0. The Morgan fingerprint density at radius 3 is 2.74 bits per heavy atom. The van der Waals surface area contributed by atoms with Crippen LogP contribution in [0.4, 0.5) is 0 Å². The van der Waals surface area contributed by atoms with Gasteiger partial charge in [0.2, 0.25) is 5.91 Å². The van der Waals surface area contributed by atoms with Crippen LogP contribution in [0.3, 0.4) is 0 Å². The molecule has 0 fully saturated rings. The zero-order valence-electron chi connectivity index (χ0n) is 15.6. The van der Waals surface area contributed by atoms with E-state index in [9.17, 15) is 9.59 Å². The molecule has 0 aliphatic heterocycles. The van der Waals surface area contributed by atoms with Crippen LogP contribution in [0.15, 0.2) is 57.0 Å². The number of carbonyl (C=O) groups excluding carboxylic acids is 1. The Morgan fingerprint density at radius 2 is 2.04 bits per heavy atom. The van der Waals surface area contributed by atoms with Crippen LogP contribution in [0.25, 0.3) is 10.9 Å². The van der Waals surface area contributed by atoms with Crippen LogP contribution in [0.5, 0.6) is 0 Å². The number of carbonyl (C=O) groups is 1. The van der Waals surface area contributed by atoms with E-state index in [1.807, 2.05) is 45.0 Å². The van der Waals surface area contributed by atoms with Crippen molar-refractivity contribution in [2.75, 3.05) is 5.75 Å². The molecular formula is C20H23N3O3S. The molecule has 1 aromatic carbocycles. The van der Waals surface area contributed by atoms with Crippen LogP contribution in [-0.2, 0) is 4.79 Å². The Morgan fingerprint density at radius 1 is 1.26 bits per heavy atom. The first-order chi connectivity index (χ1) is 13.0. The first-order valence-corrected chi connectivity index (χ1v) is 9.96. The SMILES string of the molecule is CC[C@@H](C)n1c(SCC(=O)N[C@@H](C)c2ccco2)nc2ccccc2c1=O. The molecular weight excluding hydrogens is 362 g/mol. The molecule has 0 aliphatic carbocycles. The van der Waals surface area contributed by atoms with E-state index in [0.29, 0.717) is 21.8 Å². The predicted molar refractivity (Wildman–Crippen MR) is 107 cm³/mol. The van der Waals surface area contributed by atoms with Crippen LogP contribution in [0, 0.1) is 0 Å². The van der Waals surface area contributed by atoms with Gasteiger partial charge in [-0.25, -0.2) is 4.98 Å². The van der Waals surface area contributed by atoms with Crippen molar-refractivity contribution in [3.63, 3.8) is 0 Å². The molecule has 2 atom stereocenters. The number of fused-ring (bicyclic) bond motifs is 1. The highest BCUT2D eigenvalue weighted by Gasteiger charge is 2.18. The average molecular weight is 385 g/mol. The zero-order valence-corrected chi connectivity index (χ0v) is 16.5. The van der Waals surface area contributed by atoms with E-state index in [1.165, 1.54) is 11.8 Å². The van der Waals surface area contributed by atoms with Gasteiger partial charge in [-0.3, -0.25) is 14.2 Å². The molecule has 0 radical (unpaired) electrons. The molecule has 27 heavy (non-hydrogen) atoms. The molecule has 2 aromatic heterocycles. The number of para-hydroxylation sites is 1. The van der Waals surface area contributed by atoms with E-state index in [1.54, 1.807) is 23.0 Å². The van der Waals surface area contributed by atoms with E-state index < -0.39 is 0 Å². The number of amides is 1. The van der Waals surface area contributed by atoms with Crippen molar-refractivity contribution in [2.45, 2.75) is 44.4 Å². The average Bonchev–Trinajstić information content (AvgIpc) is 3.21. The number of furan rings is 1. The number of thioether (sulfide) groups is 1. The first kappa shape index (κ1) is 19.2. The Hall–Kier alpha value is -2.54. The van der Waals surface area contributed by atoms with E-state index in [2.05, 4.69) is 10.3 Å². The fourth-order valence-corrected chi connectivity index (χ4v) is 3.73. The van der Waals surface area contributed by atoms with Gasteiger partial charge in [0.05, 0.1) is 29.0 Å². The summed E-state index contributed by atoms with van der Waals surface area (Å²) in [5.74, 6) is 0.738. The molecule has 7 heteroatoms. The van der Waals surface area contributed by atoms with Crippen LogP contribution in [0.2, 0.25) is 0 Å². The van der Waals surface area contributed by atoms with Gasteiger partial charge in [-0.05, 0) is 44.5 Å². The van der Waals surface area contributed by atoms with E-state index in [0.717, 1.165) is 6.42 Å². The van der Waals surface area contributed by atoms with Gasteiger partial charge in [0.15, 0.2) is 5.16 Å². The van der Waals surface area contributed by atoms with E-state index in [4.69, 9.17) is 4.42 Å². The third kappa shape index (κ3) is 4.24. The summed E-state index contributed by atoms with van der Waals surface area (Å²) in [5.41, 5.74) is 0.579. The highest BCUT2D eigenvalue weighted by molar-refractivity contribution is 7.99. The lowest BCUT2D eigenvalue weighted by Crippen LogP contribution is -2.29. The number of aromatic nitrogens is 2. The minimum atomic E-state index is -0.213. The Balaban J connectivity index is 1.81. The monoisotopic (exact) mass is 385 g/mol. The van der Waals surface area contributed by atoms with Gasteiger partial charge >= 0.3 is 0 Å². The van der Waals surface area contributed by atoms with Crippen molar-refractivity contribution >= 4 is 28.6 Å². The summed E-state index contributed by atoms with van der Waals surface area (Å²) < 4.78 is 7.00.